The molecule has 2 aromatic rings. The smallest absolute Gasteiger partial charge is 0.0660 e. The van der Waals surface area contributed by atoms with E-state index in [2.05, 4.69) is 80.7 Å². The van der Waals surface area contributed by atoms with Crippen LogP contribution in [0.2, 0.25) is 0 Å². The van der Waals surface area contributed by atoms with E-state index in [4.69, 9.17) is 4.74 Å². The Morgan fingerprint density at radius 1 is 1.04 bits per heavy atom. The highest BCUT2D eigenvalue weighted by Gasteiger charge is 2.43. The van der Waals surface area contributed by atoms with Crippen LogP contribution in [0.3, 0.4) is 0 Å². The number of hydrogen-bond donors (Lipinski definition) is 1. The molecule has 0 aromatic heterocycles. The molecule has 2 aromatic carbocycles. The van der Waals surface area contributed by atoms with Crippen LogP contribution in [0.1, 0.15) is 56.2 Å². The van der Waals surface area contributed by atoms with E-state index in [1.165, 1.54) is 16.7 Å². The van der Waals surface area contributed by atoms with Gasteiger partial charge in [-0.2, -0.15) is 0 Å². The topological polar surface area (TPSA) is 21.3 Å². The Morgan fingerprint density at radius 2 is 1.77 bits per heavy atom. The Kier molecular flexibility index (Phi) is 6.16. The lowest BCUT2D eigenvalue weighted by Gasteiger charge is -2.47. The van der Waals surface area contributed by atoms with E-state index in [9.17, 15) is 0 Å². The molecule has 140 valence electrons. The highest BCUT2D eigenvalue weighted by Crippen LogP contribution is 2.45. The van der Waals surface area contributed by atoms with Gasteiger partial charge >= 0.3 is 0 Å². The summed E-state index contributed by atoms with van der Waals surface area (Å²) in [6.07, 6.45) is 4.44. The van der Waals surface area contributed by atoms with Gasteiger partial charge < -0.3 is 10.1 Å². The fraction of sp³-hybridized carbons (Fsp3) is 0.500. The van der Waals surface area contributed by atoms with Crippen LogP contribution < -0.4 is 5.32 Å². The number of nitrogens with one attached hydrogen (secondary N) is 1. The number of benzene rings is 2. The summed E-state index contributed by atoms with van der Waals surface area (Å²) < 4.78 is 6.17. The van der Waals surface area contributed by atoms with Crippen molar-refractivity contribution in [2.45, 2.75) is 64.0 Å². The van der Waals surface area contributed by atoms with Crippen molar-refractivity contribution in [2.24, 2.45) is 0 Å². The van der Waals surface area contributed by atoms with Gasteiger partial charge in [-0.1, -0.05) is 67.1 Å². The van der Waals surface area contributed by atoms with Crippen molar-refractivity contribution < 1.29 is 4.74 Å². The summed E-state index contributed by atoms with van der Waals surface area (Å²) in [5, 5.41) is 3.66. The molecule has 2 atom stereocenters. The molecule has 1 saturated heterocycles. The highest BCUT2D eigenvalue weighted by atomic mass is 16.5. The van der Waals surface area contributed by atoms with Gasteiger partial charge in [0.15, 0.2) is 0 Å². The van der Waals surface area contributed by atoms with E-state index in [-0.39, 0.29) is 11.0 Å². The first-order valence-corrected chi connectivity index (χ1v) is 10.0. The summed E-state index contributed by atoms with van der Waals surface area (Å²) in [4.78, 5) is 0. The van der Waals surface area contributed by atoms with Gasteiger partial charge in [-0.15, -0.1) is 0 Å². The largest absolute Gasteiger partial charge is 0.375 e. The molecule has 2 nitrogen and oxygen atoms in total. The summed E-state index contributed by atoms with van der Waals surface area (Å²) in [6.45, 7) is 9.52. The third-order valence-corrected chi connectivity index (χ3v) is 6.11. The minimum atomic E-state index is -0.0113. The van der Waals surface area contributed by atoms with Crippen molar-refractivity contribution in [3.63, 3.8) is 0 Å². The van der Waals surface area contributed by atoms with Crippen LogP contribution in [0.15, 0.2) is 54.6 Å². The Hall–Kier alpha value is -1.64. The third-order valence-electron chi connectivity index (χ3n) is 6.11. The van der Waals surface area contributed by atoms with E-state index in [0.717, 1.165) is 45.4 Å². The normalized spacial score (nSPS) is 26.0. The van der Waals surface area contributed by atoms with Crippen LogP contribution in [-0.2, 0) is 16.7 Å². The molecule has 1 aliphatic rings. The molecule has 2 heteroatoms. The van der Waals surface area contributed by atoms with Gasteiger partial charge in [-0.3, -0.25) is 0 Å². The predicted molar refractivity (Wildman–Crippen MR) is 110 cm³/mol. The second kappa shape index (κ2) is 8.37. The van der Waals surface area contributed by atoms with E-state index in [1.54, 1.807) is 0 Å². The molecule has 0 unspecified atom stereocenters. The van der Waals surface area contributed by atoms with Gasteiger partial charge in [0.05, 0.1) is 5.60 Å². The molecule has 0 amide bonds. The molecule has 0 aliphatic carbocycles. The monoisotopic (exact) mass is 351 g/mol. The minimum Gasteiger partial charge on any atom is -0.375 e. The van der Waals surface area contributed by atoms with E-state index < -0.39 is 0 Å². The molecule has 0 saturated carbocycles. The predicted octanol–water partition coefficient (Wildman–Crippen LogP) is 5.39. The van der Waals surface area contributed by atoms with Gasteiger partial charge in [-0.05, 0) is 57.2 Å². The fourth-order valence-corrected chi connectivity index (χ4v) is 4.24. The standard InChI is InChI=1S/C24H33NO/c1-4-23(3)19-24(15-17-26-23,22-12-10-20(2)11-13-22)14-16-25-18-21-8-6-5-7-9-21/h5-13,25H,4,14-19H2,1-3H3/t23-,24+/m0/s1. The third kappa shape index (κ3) is 4.55. The van der Waals surface area contributed by atoms with Crippen molar-refractivity contribution in [3.8, 4) is 0 Å². The lowest BCUT2D eigenvalue weighted by atomic mass is 9.66. The maximum atomic E-state index is 6.17. The van der Waals surface area contributed by atoms with Crippen LogP contribution >= 0.6 is 0 Å². The second-order valence-corrected chi connectivity index (χ2v) is 8.14. The van der Waals surface area contributed by atoms with Crippen LogP contribution in [-0.4, -0.2) is 18.8 Å². The average Bonchev–Trinajstić information content (AvgIpc) is 2.67. The van der Waals surface area contributed by atoms with Gasteiger partial charge in [-0.25, -0.2) is 0 Å². The number of aryl methyl sites for hydroxylation is 1. The SMILES string of the molecule is CC[C@@]1(C)C[C@](CCNCc2ccccc2)(c2ccc(C)cc2)CCO1. The summed E-state index contributed by atoms with van der Waals surface area (Å²) >= 11 is 0. The van der Waals surface area contributed by atoms with Crippen LogP contribution in [0.4, 0.5) is 0 Å². The van der Waals surface area contributed by atoms with Gasteiger partial charge in [0.25, 0.3) is 0 Å². The molecule has 0 spiro atoms. The lowest BCUT2D eigenvalue weighted by Crippen LogP contribution is -2.46. The number of hydrogen-bond acceptors (Lipinski definition) is 2. The summed E-state index contributed by atoms with van der Waals surface area (Å²) in [5.74, 6) is 0. The molecule has 26 heavy (non-hydrogen) atoms. The van der Waals surface area contributed by atoms with Crippen molar-refractivity contribution in [2.75, 3.05) is 13.2 Å². The van der Waals surface area contributed by atoms with Gasteiger partial charge in [0.2, 0.25) is 0 Å². The Morgan fingerprint density at radius 3 is 2.46 bits per heavy atom. The summed E-state index contributed by atoms with van der Waals surface area (Å²) in [5.41, 5.74) is 4.36. The van der Waals surface area contributed by atoms with E-state index in [0.29, 0.717) is 0 Å². The quantitative estimate of drug-likeness (QED) is 0.675. The molecule has 1 aliphatic heterocycles. The second-order valence-electron chi connectivity index (χ2n) is 8.14. The van der Waals surface area contributed by atoms with Crippen LogP contribution in [0, 0.1) is 6.92 Å². The van der Waals surface area contributed by atoms with E-state index in [1.807, 2.05) is 0 Å². The zero-order valence-corrected chi connectivity index (χ0v) is 16.6. The van der Waals surface area contributed by atoms with Crippen LogP contribution in [0.25, 0.3) is 0 Å². The molecule has 3 rings (SSSR count). The summed E-state index contributed by atoms with van der Waals surface area (Å²) in [6, 6.07) is 19.9. The first-order valence-electron chi connectivity index (χ1n) is 10.0. The maximum Gasteiger partial charge on any atom is 0.0660 e. The van der Waals surface area contributed by atoms with Crippen molar-refractivity contribution in [3.05, 3.63) is 71.3 Å². The van der Waals surface area contributed by atoms with Gasteiger partial charge in [0.1, 0.15) is 0 Å². The number of ether oxygens (including phenoxy) is 1. The molecule has 0 bridgehead atoms. The van der Waals surface area contributed by atoms with Crippen molar-refractivity contribution in [1.82, 2.24) is 5.32 Å². The zero-order chi connectivity index (χ0) is 18.5. The zero-order valence-electron chi connectivity index (χ0n) is 16.6. The van der Waals surface area contributed by atoms with Crippen molar-refractivity contribution in [1.29, 1.82) is 0 Å². The maximum absolute atomic E-state index is 6.17. The molecule has 1 N–H and O–H groups in total. The van der Waals surface area contributed by atoms with E-state index >= 15 is 0 Å². The van der Waals surface area contributed by atoms with Gasteiger partial charge in [0, 0.05) is 18.6 Å². The first kappa shape index (κ1) is 19.1. The average molecular weight is 352 g/mol. The molecule has 1 fully saturated rings. The molecule has 1 heterocycles. The number of rotatable bonds is 7. The Labute approximate surface area is 159 Å². The fourth-order valence-electron chi connectivity index (χ4n) is 4.24. The van der Waals surface area contributed by atoms with Crippen molar-refractivity contribution >= 4 is 0 Å². The lowest BCUT2D eigenvalue weighted by molar-refractivity contribution is -0.0979. The molecular weight excluding hydrogens is 318 g/mol. The first-order chi connectivity index (χ1) is 12.6. The minimum absolute atomic E-state index is 0.0113. The highest BCUT2D eigenvalue weighted by molar-refractivity contribution is 5.30. The molecule has 0 radical (unpaired) electrons. The molecular formula is C24H33NO. The Bertz CT molecular complexity index is 681. The Balaban J connectivity index is 1.72. The summed E-state index contributed by atoms with van der Waals surface area (Å²) in [7, 11) is 0. The van der Waals surface area contributed by atoms with Crippen LogP contribution in [0.5, 0.6) is 0 Å².